The van der Waals surface area contributed by atoms with Gasteiger partial charge in [-0.1, -0.05) is 0 Å². The van der Waals surface area contributed by atoms with Gasteiger partial charge in [-0.25, -0.2) is 4.98 Å². The highest BCUT2D eigenvalue weighted by atomic mass is 32.1. The van der Waals surface area contributed by atoms with E-state index in [9.17, 15) is 0 Å². The van der Waals surface area contributed by atoms with Crippen molar-refractivity contribution in [3.8, 4) is 0 Å². The van der Waals surface area contributed by atoms with Crippen molar-refractivity contribution >= 4 is 11.3 Å². The summed E-state index contributed by atoms with van der Waals surface area (Å²) >= 11 is 1.78. The second-order valence-corrected chi connectivity index (χ2v) is 4.95. The Hall–Kier alpha value is -0.450. The third kappa shape index (κ3) is 2.27. The molecule has 1 aliphatic rings. The fraction of sp³-hybridized carbons (Fsp3) is 0.667. The second kappa shape index (κ2) is 3.74. The number of nitrogens with zero attached hydrogens (tertiary/aromatic N) is 2. The molecule has 1 fully saturated rings. The third-order valence-corrected chi connectivity index (χ3v) is 3.25. The smallest absolute Gasteiger partial charge is 0.0897 e. The number of likely N-dealkylation sites (tertiary alicyclic amines) is 1. The van der Waals surface area contributed by atoms with E-state index in [-0.39, 0.29) is 0 Å². The zero-order chi connectivity index (χ0) is 9.26. The zero-order valence-electron chi connectivity index (χ0n) is 7.86. The maximum atomic E-state index is 5.83. The van der Waals surface area contributed by atoms with Crippen molar-refractivity contribution in [1.82, 2.24) is 9.88 Å². The van der Waals surface area contributed by atoms with Crippen LogP contribution in [0.5, 0.6) is 0 Å². The van der Waals surface area contributed by atoms with Crippen LogP contribution >= 0.6 is 11.3 Å². The van der Waals surface area contributed by atoms with Crippen LogP contribution in [0.2, 0.25) is 0 Å². The first kappa shape index (κ1) is 9.12. The van der Waals surface area contributed by atoms with Crippen LogP contribution < -0.4 is 5.73 Å². The SMILES string of the molecule is Cc1ncc(CN2CCC(N)C2)s1. The Balaban J connectivity index is 1.91. The molecule has 1 atom stereocenters. The molecular weight excluding hydrogens is 182 g/mol. The lowest BCUT2D eigenvalue weighted by Crippen LogP contribution is -2.25. The molecule has 0 spiro atoms. The van der Waals surface area contributed by atoms with E-state index in [0.29, 0.717) is 6.04 Å². The van der Waals surface area contributed by atoms with E-state index in [1.807, 2.05) is 13.1 Å². The van der Waals surface area contributed by atoms with Crippen LogP contribution in [0.15, 0.2) is 6.20 Å². The van der Waals surface area contributed by atoms with E-state index >= 15 is 0 Å². The fourth-order valence-electron chi connectivity index (χ4n) is 1.71. The van der Waals surface area contributed by atoms with E-state index in [2.05, 4.69) is 9.88 Å². The Morgan fingerprint density at radius 3 is 3.15 bits per heavy atom. The van der Waals surface area contributed by atoms with Crippen molar-refractivity contribution < 1.29 is 0 Å². The first-order chi connectivity index (χ1) is 6.24. The summed E-state index contributed by atoms with van der Waals surface area (Å²) in [6, 6.07) is 0.383. The highest BCUT2D eigenvalue weighted by Crippen LogP contribution is 2.17. The molecule has 3 nitrogen and oxygen atoms in total. The maximum absolute atomic E-state index is 5.83. The van der Waals surface area contributed by atoms with E-state index < -0.39 is 0 Å². The molecule has 2 heterocycles. The summed E-state index contributed by atoms with van der Waals surface area (Å²) in [4.78, 5) is 7.99. The van der Waals surface area contributed by atoms with Crippen molar-refractivity contribution in [3.05, 3.63) is 16.1 Å². The number of hydrogen-bond donors (Lipinski definition) is 1. The number of hydrogen-bond acceptors (Lipinski definition) is 4. The number of nitrogens with two attached hydrogens (primary N) is 1. The van der Waals surface area contributed by atoms with E-state index in [0.717, 1.165) is 31.1 Å². The van der Waals surface area contributed by atoms with Crippen LogP contribution in [0.4, 0.5) is 0 Å². The molecule has 1 saturated heterocycles. The Kier molecular flexibility index (Phi) is 2.62. The minimum Gasteiger partial charge on any atom is -0.326 e. The first-order valence-electron chi connectivity index (χ1n) is 4.63. The molecule has 1 unspecified atom stereocenters. The highest BCUT2D eigenvalue weighted by molar-refractivity contribution is 7.11. The molecule has 0 bridgehead atoms. The van der Waals surface area contributed by atoms with E-state index in [4.69, 9.17) is 5.73 Å². The molecule has 2 rings (SSSR count). The topological polar surface area (TPSA) is 42.2 Å². The van der Waals surface area contributed by atoms with E-state index in [1.165, 1.54) is 4.88 Å². The van der Waals surface area contributed by atoms with Gasteiger partial charge in [0.25, 0.3) is 0 Å². The average molecular weight is 197 g/mol. The molecule has 1 aromatic rings. The van der Waals surface area contributed by atoms with Crippen LogP contribution in [-0.4, -0.2) is 29.0 Å². The lowest BCUT2D eigenvalue weighted by atomic mass is 10.3. The molecule has 0 radical (unpaired) electrons. The van der Waals surface area contributed by atoms with Gasteiger partial charge >= 0.3 is 0 Å². The van der Waals surface area contributed by atoms with Crippen LogP contribution in [0.25, 0.3) is 0 Å². The first-order valence-corrected chi connectivity index (χ1v) is 5.45. The molecule has 13 heavy (non-hydrogen) atoms. The standard InChI is InChI=1S/C9H15N3S/c1-7-11-4-9(13-7)6-12-3-2-8(10)5-12/h4,8H,2-3,5-6,10H2,1H3. The average Bonchev–Trinajstić information content (AvgIpc) is 2.62. The fourth-order valence-corrected chi connectivity index (χ4v) is 2.54. The molecule has 0 amide bonds. The predicted molar refractivity (Wildman–Crippen MR) is 54.7 cm³/mol. The van der Waals surface area contributed by atoms with Crippen molar-refractivity contribution in [2.45, 2.75) is 25.9 Å². The van der Waals surface area contributed by atoms with Gasteiger partial charge in [-0.2, -0.15) is 0 Å². The molecule has 72 valence electrons. The lowest BCUT2D eigenvalue weighted by Gasteiger charge is -2.12. The van der Waals surface area contributed by atoms with Crippen LogP contribution in [-0.2, 0) is 6.54 Å². The number of rotatable bonds is 2. The largest absolute Gasteiger partial charge is 0.326 e. The summed E-state index contributed by atoms with van der Waals surface area (Å²) in [5, 5.41) is 1.15. The Morgan fingerprint density at radius 1 is 1.77 bits per heavy atom. The van der Waals surface area contributed by atoms with Gasteiger partial charge in [-0.15, -0.1) is 11.3 Å². The van der Waals surface area contributed by atoms with Gasteiger partial charge in [0.1, 0.15) is 0 Å². The number of aryl methyl sites for hydroxylation is 1. The Labute approximate surface area is 82.6 Å². The van der Waals surface area contributed by atoms with Gasteiger partial charge in [0.2, 0.25) is 0 Å². The molecule has 0 saturated carbocycles. The van der Waals surface area contributed by atoms with Crippen molar-refractivity contribution in [2.24, 2.45) is 5.73 Å². The summed E-state index contributed by atoms with van der Waals surface area (Å²) < 4.78 is 0. The van der Waals surface area contributed by atoms with Gasteiger partial charge in [0, 0.05) is 36.8 Å². The van der Waals surface area contributed by atoms with Gasteiger partial charge in [0.05, 0.1) is 5.01 Å². The maximum Gasteiger partial charge on any atom is 0.0897 e. The van der Waals surface area contributed by atoms with Gasteiger partial charge in [-0.05, 0) is 13.3 Å². The summed E-state index contributed by atoms with van der Waals surface area (Å²) in [6.07, 6.45) is 3.11. The zero-order valence-corrected chi connectivity index (χ0v) is 8.68. The number of thiazole rings is 1. The molecule has 4 heteroatoms. The molecule has 2 N–H and O–H groups in total. The molecule has 0 aliphatic carbocycles. The summed E-state index contributed by atoms with van der Waals surface area (Å²) in [5.41, 5.74) is 5.83. The summed E-state index contributed by atoms with van der Waals surface area (Å²) in [5.74, 6) is 0. The Bertz CT molecular complexity index is 284. The van der Waals surface area contributed by atoms with Crippen LogP contribution in [0, 0.1) is 6.92 Å². The second-order valence-electron chi connectivity index (χ2n) is 3.63. The highest BCUT2D eigenvalue weighted by Gasteiger charge is 2.19. The van der Waals surface area contributed by atoms with Crippen molar-refractivity contribution in [2.75, 3.05) is 13.1 Å². The normalized spacial score (nSPS) is 24.0. The molecule has 1 aliphatic heterocycles. The summed E-state index contributed by atoms with van der Waals surface area (Å²) in [6.45, 7) is 5.25. The van der Waals surface area contributed by atoms with Gasteiger partial charge in [0.15, 0.2) is 0 Å². The molecular formula is C9H15N3S. The van der Waals surface area contributed by atoms with E-state index in [1.54, 1.807) is 11.3 Å². The monoisotopic (exact) mass is 197 g/mol. The van der Waals surface area contributed by atoms with Crippen LogP contribution in [0.1, 0.15) is 16.3 Å². The predicted octanol–water partition coefficient (Wildman–Crippen LogP) is 0.985. The minimum atomic E-state index is 0.383. The third-order valence-electron chi connectivity index (χ3n) is 2.36. The molecule has 1 aromatic heterocycles. The van der Waals surface area contributed by atoms with Crippen LogP contribution in [0.3, 0.4) is 0 Å². The molecule has 0 aromatic carbocycles. The van der Waals surface area contributed by atoms with Crippen molar-refractivity contribution in [3.63, 3.8) is 0 Å². The van der Waals surface area contributed by atoms with Gasteiger partial charge in [-0.3, -0.25) is 4.90 Å². The lowest BCUT2D eigenvalue weighted by molar-refractivity contribution is 0.329. The number of aromatic nitrogens is 1. The minimum absolute atomic E-state index is 0.383. The Morgan fingerprint density at radius 2 is 2.62 bits per heavy atom. The quantitative estimate of drug-likeness (QED) is 0.768. The summed E-state index contributed by atoms with van der Waals surface area (Å²) in [7, 11) is 0. The van der Waals surface area contributed by atoms with Gasteiger partial charge < -0.3 is 5.73 Å². The van der Waals surface area contributed by atoms with Crippen molar-refractivity contribution in [1.29, 1.82) is 0 Å².